The topological polar surface area (TPSA) is 43.2 Å². The third-order valence-corrected chi connectivity index (χ3v) is 7.56. The number of ether oxygens (including phenoxy) is 2. The van der Waals surface area contributed by atoms with Gasteiger partial charge in [0.25, 0.3) is 0 Å². The zero-order valence-electron chi connectivity index (χ0n) is 23.0. The second kappa shape index (κ2) is 9.75. The molecule has 2 heterocycles. The minimum atomic E-state index is -5.12. The third-order valence-electron chi connectivity index (χ3n) is 7.56. The van der Waals surface area contributed by atoms with E-state index in [1.807, 2.05) is 0 Å². The van der Waals surface area contributed by atoms with E-state index in [0.717, 1.165) is 24.3 Å². The summed E-state index contributed by atoms with van der Waals surface area (Å²) in [7, 11) is 0. The number of aliphatic imine (C=N–C) groups is 2. The Morgan fingerprint density at radius 3 is 1.65 bits per heavy atom. The van der Waals surface area contributed by atoms with Crippen molar-refractivity contribution in [3.63, 3.8) is 0 Å². The first-order valence-electron chi connectivity index (χ1n) is 12.8. The van der Waals surface area contributed by atoms with E-state index >= 15 is 0 Å². The fraction of sp³-hybridized carbons (Fsp3) is 0.333. The highest BCUT2D eigenvalue weighted by molar-refractivity contribution is 5.97. The van der Waals surface area contributed by atoms with Gasteiger partial charge in [0.05, 0.1) is 11.4 Å². The van der Waals surface area contributed by atoms with Crippen LogP contribution in [0, 0.1) is 6.92 Å². The molecule has 0 radical (unpaired) electrons. The van der Waals surface area contributed by atoms with E-state index in [2.05, 4.69) is 9.98 Å². The molecule has 5 rings (SSSR count). The molecule has 0 saturated carbocycles. The van der Waals surface area contributed by atoms with Crippen molar-refractivity contribution in [2.24, 2.45) is 9.98 Å². The van der Waals surface area contributed by atoms with Crippen LogP contribution in [0.3, 0.4) is 0 Å². The molecular formula is C30H23F9N2O2. The summed E-state index contributed by atoms with van der Waals surface area (Å²) in [6.07, 6.45) is -15.2. The number of hydrogen-bond donors (Lipinski definition) is 0. The van der Waals surface area contributed by atoms with Crippen LogP contribution < -0.4 is 0 Å². The maximum atomic E-state index is 14.6. The molecule has 0 N–H and O–H groups in total. The van der Waals surface area contributed by atoms with Crippen molar-refractivity contribution in [2.75, 3.05) is 0 Å². The van der Waals surface area contributed by atoms with Crippen LogP contribution in [-0.2, 0) is 20.7 Å². The van der Waals surface area contributed by atoms with E-state index in [0.29, 0.717) is 31.5 Å². The lowest BCUT2D eigenvalue weighted by atomic mass is 9.82. The number of hydrogen-bond acceptors (Lipinski definition) is 4. The Labute approximate surface area is 239 Å². The van der Waals surface area contributed by atoms with E-state index in [9.17, 15) is 39.5 Å². The van der Waals surface area contributed by atoms with Gasteiger partial charge in [-0.1, -0.05) is 29.8 Å². The molecule has 3 atom stereocenters. The molecule has 3 aromatic rings. The van der Waals surface area contributed by atoms with Gasteiger partial charge >= 0.3 is 18.5 Å². The Balaban J connectivity index is 1.69. The van der Waals surface area contributed by atoms with Crippen molar-refractivity contribution in [1.82, 2.24) is 0 Å². The summed E-state index contributed by atoms with van der Waals surface area (Å²) < 4.78 is 140. The minimum absolute atomic E-state index is 0.236. The van der Waals surface area contributed by atoms with Crippen LogP contribution in [0.1, 0.15) is 60.1 Å². The largest absolute Gasteiger partial charge is 0.460 e. The Bertz CT molecular complexity index is 1660. The molecule has 43 heavy (non-hydrogen) atoms. The maximum absolute atomic E-state index is 14.6. The van der Waals surface area contributed by atoms with Crippen molar-refractivity contribution in [1.29, 1.82) is 0 Å². The first-order chi connectivity index (χ1) is 19.7. The van der Waals surface area contributed by atoms with Gasteiger partial charge in [0.15, 0.2) is 5.90 Å². The molecule has 2 aliphatic heterocycles. The van der Waals surface area contributed by atoms with Gasteiger partial charge < -0.3 is 9.47 Å². The van der Waals surface area contributed by atoms with Crippen LogP contribution >= 0.6 is 0 Å². The average molecular weight is 615 g/mol. The summed E-state index contributed by atoms with van der Waals surface area (Å²) in [5.74, 6) is -3.31. The average Bonchev–Trinajstić information content (AvgIpc) is 2.87. The first-order valence-corrected chi connectivity index (χ1v) is 12.8. The monoisotopic (exact) mass is 614 g/mol. The van der Waals surface area contributed by atoms with Crippen LogP contribution in [-0.4, -0.2) is 30.3 Å². The van der Waals surface area contributed by atoms with Gasteiger partial charge in [-0.3, -0.25) is 0 Å². The Morgan fingerprint density at radius 2 is 1.16 bits per heavy atom. The summed E-state index contributed by atoms with van der Waals surface area (Å²) in [6, 6.07) is 11.6. The molecule has 0 bridgehead atoms. The van der Waals surface area contributed by atoms with Crippen LogP contribution in [0.4, 0.5) is 50.9 Å². The van der Waals surface area contributed by atoms with Crippen molar-refractivity contribution >= 4 is 23.2 Å². The van der Waals surface area contributed by atoms with Crippen LogP contribution in [0.25, 0.3) is 0 Å². The lowest BCUT2D eigenvalue weighted by Gasteiger charge is -2.38. The fourth-order valence-corrected chi connectivity index (χ4v) is 5.24. The predicted molar refractivity (Wildman–Crippen MR) is 140 cm³/mol. The van der Waals surface area contributed by atoms with Crippen molar-refractivity contribution < 1.29 is 49.0 Å². The standard InChI is InChI=1S/C30H23F9N2O2/c1-15-6-5-7-19(12-15)25-41-23-11-9-18(14-21(23)27(4,43-25)30(37,38)39)24(28(31,32)33)17-8-10-22-20(13-17)26(3,29(34,35)36)42-16(2)40-22/h5-14,24H,1-4H3. The van der Waals surface area contributed by atoms with Gasteiger partial charge in [-0.25, -0.2) is 9.98 Å². The molecule has 0 amide bonds. The van der Waals surface area contributed by atoms with Crippen LogP contribution in [0.2, 0.25) is 0 Å². The van der Waals surface area contributed by atoms with Gasteiger partial charge in [0.1, 0.15) is 5.92 Å². The number of aryl methyl sites for hydroxylation is 1. The molecule has 4 nitrogen and oxygen atoms in total. The van der Waals surface area contributed by atoms with Gasteiger partial charge in [-0.05, 0) is 68.3 Å². The first kappa shape index (κ1) is 30.4. The number of fused-ring (bicyclic) bond motifs is 2. The summed E-state index contributed by atoms with van der Waals surface area (Å²) >= 11 is 0. The van der Waals surface area contributed by atoms with Crippen LogP contribution in [0.5, 0.6) is 0 Å². The zero-order valence-corrected chi connectivity index (χ0v) is 23.0. The number of nitrogens with zero attached hydrogens (tertiary/aromatic N) is 2. The molecule has 3 unspecified atom stereocenters. The minimum Gasteiger partial charge on any atom is -0.460 e. The lowest BCUT2D eigenvalue weighted by Crippen LogP contribution is -2.45. The Kier molecular flexibility index (Phi) is 6.90. The molecule has 228 valence electrons. The molecule has 13 heteroatoms. The van der Waals surface area contributed by atoms with Gasteiger partial charge in [0.2, 0.25) is 17.1 Å². The molecule has 0 fully saturated rings. The quantitative estimate of drug-likeness (QED) is 0.276. The highest BCUT2D eigenvalue weighted by Crippen LogP contribution is 2.53. The molecule has 2 aliphatic rings. The Morgan fingerprint density at radius 1 is 0.651 bits per heavy atom. The second-order valence-electron chi connectivity index (χ2n) is 10.7. The van der Waals surface area contributed by atoms with E-state index in [4.69, 9.17) is 9.47 Å². The fourth-order valence-electron chi connectivity index (χ4n) is 5.24. The van der Waals surface area contributed by atoms with Crippen LogP contribution in [0.15, 0.2) is 70.6 Å². The second-order valence-corrected chi connectivity index (χ2v) is 10.7. The molecule has 0 saturated heterocycles. The van der Waals surface area contributed by atoms with Gasteiger partial charge in [0, 0.05) is 23.6 Å². The number of benzene rings is 3. The van der Waals surface area contributed by atoms with Gasteiger partial charge in [-0.15, -0.1) is 0 Å². The highest BCUT2D eigenvalue weighted by Gasteiger charge is 2.59. The molecule has 3 aromatic carbocycles. The lowest BCUT2D eigenvalue weighted by molar-refractivity contribution is -0.253. The number of halogens is 9. The molecular weight excluding hydrogens is 591 g/mol. The number of alkyl halides is 9. The van der Waals surface area contributed by atoms with Gasteiger partial charge in [-0.2, -0.15) is 39.5 Å². The molecule has 0 aromatic heterocycles. The number of rotatable bonds is 3. The maximum Gasteiger partial charge on any atom is 0.432 e. The van der Waals surface area contributed by atoms with E-state index in [-0.39, 0.29) is 28.7 Å². The normalized spacial score (nSPS) is 22.8. The zero-order chi connectivity index (χ0) is 31.8. The SMILES string of the molecule is CC1=Nc2ccc(C(c3ccc4c(c3)C(C)(C(F)(F)F)OC(c3cccc(C)c3)=N4)C(F)(F)F)cc2C(C)(C(F)(F)F)O1. The van der Waals surface area contributed by atoms with Crippen molar-refractivity contribution in [3.05, 3.63) is 94.0 Å². The highest BCUT2D eigenvalue weighted by atomic mass is 19.4. The molecule has 0 aliphatic carbocycles. The smallest absolute Gasteiger partial charge is 0.432 e. The predicted octanol–water partition coefficient (Wildman–Crippen LogP) is 9.43. The summed E-state index contributed by atoms with van der Waals surface area (Å²) in [5.41, 5.74) is -8.30. The third kappa shape index (κ3) is 5.12. The van der Waals surface area contributed by atoms with Crippen molar-refractivity contribution in [3.8, 4) is 0 Å². The summed E-state index contributed by atoms with van der Waals surface area (Å²) in [6.45, 7) is 4.25. The van der Waals surface area contributed by atoms with Crippen molar-refractivity contribution in [2.45, 2.75) is 63.3 Å². The Hall–Kier alpha value is -4.03. The van der Waals surface area contributed by atoms with E-state index < -0.39 is 57.9 Å². The van der Waals surface area contributed by atoms with E-state index in [1.165, 1.54) is 13.0 Å². The summed E-state index contributed by atoms with van der Waals surface area (Å²) in [5, 5.41) is 0. The molecule has 0 spiro atoms. The van der Waals surface area contributed by atoms with E-state index in [1.54, 1.807) is 25.1 Å². The summed E-state index contributed by atoms with van der Waals surface area (Å²) in [4.78, 5) is 8.06.